The van der Waals surface area contributed by atoms with E-state index in [0.717, 1.165) is 6.42 Å². The van der Waals surface area contributed by atoms with E-state index in [0.29, 0.717) is 5.92 Å². The molecular formula is C18H12. The summed E-state index contributed by atoms with van der Waals surface area (Å²) < 4.78 is 0. The summed E-state index contributed by atoms with van der Waals surface area (Å²) in [5.74, 6) is 0.503. The van der Waals surface area contributed by atoms with Gasteiger partial charge in [0.15, 0.2) is 0 Å². The average molecular weight is 228 g/mol. The SMILES string of the molecule is C1=Cc2ccc3c4c5c(cc(c24)C1)C=CC5C=C3. The highest BCUT2D eigenvalue weighted by atomic mass is 14.3. The van der Waals surface area contributed by atoms with Crippen LogP contribution in [0.3, 0.4) is 0 Å². The van der Waals surface area contributed by atoms with E-state index in [4.69, 9.17) is 0 Å². The summed E-state index contributed by atoms with van der Waals surface area (Å²) >= 11 is 0. The van der Waals surface area contributed by atoms with Crippen LogP contribution in [-0.2, 0) is 6.42 Å². The third-order valence-electron chi connectivity index (χ3n) is 4.44. The quantitative estimate of drug-likeness (QED) is 0.620. The smallest absolute Gasteiger partial charge is 0.0217 e. The molecular weight excluding hydrogens is 216 g/mol. The summed E-state index contributed by atoms with van der Waals surface area (Å²) in [6, 6.07) is 6.92. The second-order valence-electron chi connectivity index (χ2n) is 5.38. The number of allylic oxidation sites excluding steroid dienone is 3. The van der Waals surface area contributed by atoms with E-state index in [2.05, 4.69) is 54.7 Å². The van der Waals surface area contributed by atoms with Crippen LogP contribution in [0.4, 0.5) is 0 Å². The largest absolute Gasteiger partial charge is 0.0795 e. The standard InChI is InChI=1S/C18H12/c1-2-11-4-6-13-7-5-12-8-9-15-10-14(3-1)16(11)18(13)17(12)15/h1-2,4-10,12H,3H2. The van der Waals surface area contributed by atoms with Gasteiger partial charge in [0.2, 0.25) is 0 Å². The maximum absolute atomic E-state index is 2.39. The van der Waals surface area contributed by atoms with Gasteiger partial charge in [-0.05, 0) is 45.0 Å². The molecule has 0 amide bonds. The average Bonchev–Trinajstić information content (AvgIpc) is 2.83. The Bertz CT molecular complexity index is 801. The van der Waals surface area contributed by atoms with Gasteiger partial charge in [-0.1, -0.05) is 54.7 Å². The predicted octanol–water partition coefficient (Wildman–Crippen LogP) is 4.55. The zero-order chi connectivity index (χ0) is 11.7. The maximum atomic E-state index is 2.39. The minimum Gasteiger partial charge on any atom is -0.0795 e. The van der Waals surface area contributed by atoms with E-state index in [9.17, 15) is 0 Å². The van der Waals surface area contributed by atoms with Crippen LogP contribution in [0, 0.1) is 0 Å². The van der Waals surface area contributed by atoms with Gasteiger partial charge in [0.25, 0.3) is 0 Å². The van der Waals surface area contributed by atoms with E-state index in [1.807, 2.05) is 0 Å². The molecule has 0 nitrogen and oxygen atoms in total. The first-order valence-electron chi connectivity index (χ1n) is 6.57. The van der Waals surface area contributed by atoms with Crippen LogP contribution in [0.1, 0.15) is 33.7 Å². The Hall–Kier alpha value is -2.08. The van der Waals surface area contributed by atoms with Crippen LogP contribution in [0.2, 0.25) is 0 Å². The highest BCUT2D eigenvalue weighted by molar-refractivity contribution is 6.05. The summed E-state index contributed by atoms with van der Waals surface area (Å²) in [5, 5.41) is 2.99. The van der Waals surface area contributed by atoms with Crippen molar-refractivity contribution in [3.63, 3.8) is 0 Å². The lowest BCUT2D eigenvalue weighted by Gasteiger charge is -2.22. The molecule has 0 saturated heterocycles. The summed E-state index contributed by atoms with van der Waals surface area (Å²) in [7, 11) is 0. The Morgan fingerprint density at radius 1 is 0.833 bits per heavy atom. The van der Waals surface area contributed by atoms with Crippen molar-refractivity contribution in [1.29, 1.82) is 0 Å². The molecule has 2 aromatic rings. The molecule has 3 aliphatic rings. The third-order valence-corrected chi connectivity index (χ3v) is 4.44. The highest BCUT2D eigenvalue weighted by Gasteiger charge is 2.25. The molecule has 84 valence electrons. The second kappa shape index (κ2) is 2.84. The van der Waals surface area contributed by atoms with Crippen LogP contribution in [0.5, 0.6) is 0 Å². The van der Waals surface area contributed by atoms with Gasteiger partial charge in [-0.25, -0.2) is 0 Å². The molecule has 0 heteroatoms. The maximum Gasteiger partial charge on any atom is 0.0217 e. The molecule has 0 bridgehead atoms. The summed E-state index contributed by atoms with van der Waals surface area (Å²) in [6.07, 6.45) is 14.9. The van der Waals surface area contributed by atoms with Crippen molar-refractivity contribution in [1.82, 2.24) is 0 Å². The normalized spacial score (nSPS) is 21.0. The van der Waals surface area contributed by atoms with Crippen molar-refractivity contribution in [3.05, 3.63) is 64.2 Å². The number of benzene rings is 2. The van der Waals surface area contributed by atoms with E-state index in [-0.39, 0.29) is 0 Å². The summed E-state index contributed by atoms with van der Waals surface area (Å²) in [6.45, 7) is 0. The molecule has 5 rings (SSSR count). The predicted molar refractivity (Wildman–Crippen MR) is 77.5 cm³/mol. The number of rotatable bonds is 0. The van der Waals surface area contributed by atoms with Crippen LogP contribution in [0.25, 0.3) is 29.0 Å². The molecule has 0 spiro atoms. The van der Waals surface area contributed by atoms with Crippen molar-refractivity contribution in [2.45, 2.75) is 12.3 Å². The summed E-state index contributed by atoms with van der Waals surface area (Å²) in [5.41, 5.74) is 7.23. The molecule has 1 unspecified atom stereocenters. The fourth-order valence-corrected chi connectivity index (χ4v) is 3.67. The molecule has 2 aromatic carbocycles. The first kappa shape index (κ1) is 8.93. The fraction of sp³-hybridized carbons (Fsp3) is 0.111. The highest BCUT2D eigenvalue weighted by Crippen LogP contribution is 2.45. The van der Waals surface area contributed by atoms with Crippen LogP contribution < -0.4 is 0 Å². The van der Waals surface area contributed by atoms with Gasteiger partial charge in [0.1, 0.15) is 0 Å². The van der Waals surface area contributed by atoms with Crippen molar-refractivity contribution < 1.29 is 0 Å². The molecule has 3 aliphatic carbocycles. The lowest BCUT2D eigenvalue weighted by Crippen LogP contribution is -2.03. The molecule has 1 atom stereocenters. The van der Waals surface area contributed by atoms with Crippen LogP contribution in [0.15, 0.2) is 36.4 Å². The minimum absolute atomic E-state index is 0.503. The van der Waals surface area contributed by atoms with Crippen molar-refractivity contribution in [2.75, 3.05) is 0 Å². The van der Waals surface area contributed by atoms with Crippen molar-refractivity contribution in [2.24, 2.45) is 0 Å². The summed E-state index contributed by atoms with van der Waals surface area (Å²) in [4.78, 5) is 0. The van der Waals surface area contributed by atoms with Gasteiger partial charge in [-0.15, -0.1) is 0 Å². The molecule has 18 heavy (non-hydrogen) atoms. The van der Waals surface area contributed by atoms with E-state index < -0.39 is 0 Å². The minimum atomic E-state index is 0.503. The first-order valence-corrected chi connectivity index (χ1v) is 6.57. The molecule has 0 heterocycles. The topological polar surface area (TPSA) is 0 Å². The lowest BCUT2D eigenvalue weighted by atomic mass is 9.81. The van der Waals surface area contributed by atoms with Gasteiger partial charge in [-0.3, -0.25) is 0 Å². The Labute approximate surface area is 106 Å². The monoisotopic (exact) mass is 228 g/mol. The Kier molecular flexibility index (Phi) is 1.41. The van der Waals surface area contributed by atoms with Gasteiger partial charge in [0, 0.05) is 5.92 Å². The van der Waals surface area contributed by atoms with Gasteiger partial charge >= 0.3 is 0 Å². The molecule has 0 aliphatic heterocycles. The van der Waals surface area contributed by atoms with E-state index in [1.165, 1.54) is 38.6 Å². The molecule has 0 aromatic heterocycles. The Morgan fingerprint density at radius 2 is 1.61 bits per heavy atom. The van der Waals surface area contributed by atoms with Crippen LogP contribution in [-0.4, -0.2) is 0 Å². The van der Waals surface area contributed by atoms with E-state index >= 15 is 0 Å². The first-order chi connectivity index (χ1) is 8.92. The number of hydrogen-bond donors (Lipinski definition) is 0. The lowest BCUT2D eigenvalue weighted by molar-refractivity contribution is 1.12. The van der Waals surface area contributed by atoms with Gasteiger partial charge in [-0.2, -0.15) is 0 Å². The van der Waals surface area contributed by atoms with Crippen molar-refractivity contribution in [3.8, 4) is 0 Å². The van der Waals surface area contributed by atoms with Crippen molar-refractivity contribution >= 4 is 29.0 Å². The zero-order valence-electron chi connectivity index (χ0n) is 9.98. The molecule has 0 fully saturated rings. The second-order valence-corrected chi connectivity index (χ2v) is 5.38. The van der Waals surface area contributed by atoms with Gasteiger partial charge in [0.05, 0.1) is 0 Å². The third kappa shape index (κ3) is 0.896. The zero-order valence-corrected chi connectivity index (χ0v) is 9.98. The molecule has 0 saturated carbocycles. The van der Waals surface area contributed by atoms with Gasteiger partial charge < -0.3 is 0 Å². The Morgan fingerprint density at radius 3 is 2.50 bits per heavy atom. The Balaban J connectivity index is 2.11. The molecule has 0 N–H and O–H groups in total. The van der Waals surface area contributed by atoms with E-state index in [1.54, 1.807) is 0 Å². The fourth-order valence-electron chi connectivity index (χ4n) is 3.67. The molecule has 0 radical (unpaired) electrons. The number of hydrogen-bond acceptors (Lipinski definition) is 0. The van der Waals surface area contributed by atoms with Crippen LogP contribution >= 0.6 is 0 Å².